The van der Waals surface area contributed by atoms with E-state index in [1.54, 1.807) is 0 Å². The van der Waals surface area contributed by atoms with Crippen LogP contribution in [0.25, 0.3) is 28.5 Å². The zero-order valence-electron chi connectivity index (χ0n) is 22.9. The fourth-order valence-electron chi connectivity index (χ4n) is 7.31. The summed E-state index contributed by atoms with van der Waals surface area (Å²) in [5.41, 5.74) is 9.04. The van der Waals surface area contributed by atoms with Crippen LogP contribution in [-0.4, -0.2) is 14.8 Å². The van der Waals surface area contributed by atoms with Crippen molar-refractivity contribution in [3.05, 3.63) is 89.0 Å². The Morgan fingerprint density at radius 1 is 0.750 bits per heavy atom. The van der Waals surface area contributed by atoms with Gasteiger partial charge in [-0.05, 0) is 67.2 Å². The van der Waals surface area contributed by atoms with Gasteiger partial charge in [0.15, 0.2) is 11.6 Å². The van der Waals surface area contributed by atoms with E-state index in [1.807, 2.05) is 0 Å². The third kappa shape index (κ3) is 3.39. The minimum atomic E-state index is 0.153. The van der Waals surface area contributed by atoms with Gasteiger partial charge in [-0.15, -0.1) is 10.2 Å². The summed E-state index contributed by atoms with van der Waals surface area (Å²) >= 11 is 0. The molecule has 0 N–H and O–H groups in total. The van der Waals surface area contributed by atoms with Crippen LogP contribution in [0.3, 0.4) is 0 Å². The van der Waals surface area contributed by atoms with Crippen molar-refractivity contribution in [2.75, 3.05) is 0 Å². The van der Waals surface area contributed by atoms with Crippen LogP contribution >= 0.6 is 0 Å². The van der Waals surface area contributed by atoms with E-state index in [0.717, 1.165) is 23.6 Å². The van der Waals surface area contributed by atoms with Crippen LogP contribution in [0.1, 0.15) is 69.2 Å². The van der Waals surface area contributed by atoms with Crippen LogP contribution in [0.15, 0.2) is 66.7 Å². The van der Waals surface area contributed by atoms with E-state index in [2.05, 4.69) is 120 Å². The number of para-hydroxylation sites is 1. The molecular weight excluding hydrogens is 438 g/mol. The topological polar surface area (TPSA) is 30.7 Å². The van der Waals surface area contributed by atoms with E-state index in [0.29, 0.717) is 11.3 Å². The van der Waals surface area contributed by atoms with Gasteiger partial charge in [0.25, 0.3) is 0 Å². The predicted octanol–water partition coefficient (Wildman–Crippen LogP) is 8.63. The van der Waals surface area contributed by atoms with Crippen molar-refractivity contribution < 1.29 is 0 Å². The van der Waals surface area contributed by atoms with Gasteiger partial charge >= 0.3 is 0 Å². The minimum absolute atomic E-state index is 0.153. The van der Waals surface area contributed by atoms with Gasteiger partial charge in [-0.3, -0.25) is 4.57 Å². The first-order valence-corrected chi connectivity index (χ1v) is 13.5. The number of benzene rings is 3. The fourth-order valence-corrected chi connectivity index (χ4v) is 7.31. The molecule has 1 aliphatic carbocycles. The van der Waals surface area contributed by atoms with Gasteiger partial charge in [0.1, 0.15) is 0 Å². The van der Waals surface area contributed by atoms with E-state index in [4.69, 9.17) is 10.2 Å². The number of rotatable bonds is 7. The molecule has 1 fully saturated rings. The molecule has 0 saturated heterocycles. The van der Waals surface area contributed by atoms with E-state index >= 15 is 0 Å². The number of hydrogen-bond donors (Lipinski definition) is 0. The van der Waals surface area contributed by atoms with Crippen molar-refractivity contribution in [1.82, 2.24) is 14.8 Å². The monoisotopic (exact) mass is 477 g/mol. The fraction of sp³-hybridized carbons (Fsp3) is 0.394. The summed E-state index contributed by atoms with van der Waals surface area (Å²) in [5, 5.41) is 9.79. The first-order valence-electron chi connectivity index (χ1n) is 13.5. The molecule has 3 heteroatoms. The highest BCUT2D eigenvalue weighted by atomic mass is 15.3. The Hall–Kier alpha value is -3.20. The molecule has 0 radical (unpaired) electrons. The molecule has 186 valence electrons. The summed E-state index contributed by atoms with van der Waals surface area (Å²) < 4.78 is 2.32. The van der Waals surface area contributed by atoms with Crippen molar-refractivity contribution in [3.8, 4) is 28.5 Å². The maximum Gasteiger partial charge on any atom is 0.169 e. The van der Waals surface area contributed by atoms with Crippen molar-refractivity contribution in [2.45, 2.75) is 73.1 Å². The van der Waals surface area contributed by atoms with E-state index in [-0.39, 0.29) is 5.41 Å². The molecule has 5 rings (SSSR count). The number of hydrogen-bond acceptors (Lipinski definition) is 2. The van der Waals surface area contributed by atoms with Gasteiger partial charge in [-0.2, -0.15) is 0 Å². The minimum Gasteiger partial charge on any atom is -0.274 e. The Balaban J connectivity index is 1.81. The summed E-state index contributed by atoms with van der Waals surface area (Å²) in [6, 6.07) is 24.0. The Bertz CT molecular complexity index is 1390. The van der Waals surface area contributed by atoms with Crippen molar-refractivity contribution in [1.29, 1.82) is 0 Å². The van der Waals surface area contributed by atoms with Crippen LogP contribution in [0.2, 0.25) is 0 Å². The molecule has 3 atom stereocenters. The molecule has 4 aromatic rings. The molecule has 1 unspecified atom stereocenters. The van der Waals surface area contributed by atoms with Crippen LogP contribution < -0.4 is 0 Å². The lowest BCUT2D eigenvalue weighted by Crippen LogP contribution is -2.18. The largest absolute Gasteiger partial charge is 0.274 e. The highest BCUT2D eigenvalue weighted by molar-refractivity contribution is 5.73. The molecule has 0 bridgehead atoms. The van der Waals surface area contributed by atoms with Crippen molar-refractivity contribution in [3.63, 3.8) is 0 Å². The second kappa shape index (κ2) is 9.03. The molecule has 1 aliphatic rings. The van der Waals surface area contributed by atoms with Gasteiger partial charge in [-0.1, -0.05) is 101 Å². The highest BCUT2D eigenvalue weighted by Crippen LogP contribution is 2.74. The smallest absolute Gasteiger partial charge is 0.169 e. The van der Waals surface area contributed by atoms with Gasteiger partial charge < -0.3 is 0 Å². The summed E-state index contributed by atoms with van der Waals surface area (Å²) in [6.45, 7) is 16.2. The third-order valence-corrected chi connectivity index (χ3v) is 9.32. The van der Waals surface area contributed by atoms with E-state index in [9.17, 15) is 0 Å². The Morgan fingerprint density at radius 2 is 1.31 bits per heavy atom. The maximum atomic E-state index is 4.93. The van der Waals surface area contributed by atoms with Gasteiger partial charge in [-0.25, -0.2) is 0 Å². The molecule has 0 amide bonds. The molecule has 1 heterocycles. The van der Waals surface area contributed by atoms with Gasteiger partial charge in [0, 0.05) is 16.5 Å². The molecule has 1 aromatic heterocycles. The van der Waals surface area contributed by atoms with Crippen LogP contribution in [-0.2, 0) is 5.41 Å². The average molecular weight is 478 g/mol. The average Bonchev–Trinajstić information content (AvgIpc) is 3.14. The Kier molecular flexibility index (Phi) is 6.14. The van der Waals surface area contributed by atoms with Crippen molar-refractivity contribution in [2.24, 2.45) is 11.3 Å². The standard InChI is InChI=1S/C33H39N3/c1-8-21-32(7)25(6)33(32,9-2)28-20-13-12-19-27(28)31-35-34-30(26-18-11-10-15-22(26)3)36(31)29-23(4)16-14-17-24(29)5/h10-20,25H,8-9,21H2,1-7H3/t25-,32-,33?/m1/s1. The normalized spacial score (nSPS) is 23.1. The molecule has 0 spiro atoms. The predicted molar refractivity (Wildman–Crippen MR) is 151 cm³/mol. The first-order chi connectivity index (χ1) is 17.3. The maximum absolute atomic E-state index is 4.93. The molecule has 36 heavy (non-hydrogen) atoms. The number of aromatic nitrogens is 3. The van der Waals surface area contributed by atoms with Gasteiger partial charge in [0.05, 0.1) is 5.69 Å². The number of aryl methyl sites for hydroxylation is 3. The van der Waals surface area contributed by atoms with Gasteiger partial charge in [0.2, 0.25) is 0 Å². The second-order valence-corrected chi connectivity index (χ2v) is 11.0. The molecule has 0 aliphatic heterocycles. The lowest BCUT2D eigenvalue weighted by molar-refractivity contribution is 0.403. The van der Waals surface area contributed by atoms with E-state index < -0.39 is 0 Å². The highest BCUT2D eigenvalue weighted by Gasteiger charge is 2.70. The zero-order valence-corrected chi connectivity index (χ0v) is 22.9. The summed E-state index contributed by atoms with van der Waals surface area (Å²) in [5.74, 6) is 2.47. The molecule has 1 saturated carbocycles. The van der Waals surface area contributed by atoms with Crippen LogP contribution in [0.4, 0.5) is 0 Å². The summed E-state index contributed by atoms with van der Waals surface area (Å²) in [6.07, 6.45) is 3.58. The van der Waals surface area contributed by atoms with E-state index in [1.165, 1.54) is 46.3 Å². The Labute approximate surface area is 216 Å². The quantitative estimate of drug-likeness (QED) is 0.267. The molecular formula is C33H39N3. The van der Waals surface area contributed by atoms with Crippen LogP contribution in [0.5, 0.6) is 0 Å². The Morgan fingerprint density at radius 3 is 1.92 bits per heavy atom. The SMILES string of the molecule is CCC[C@]1(C)[C@@H](C)C1(CC)c1ccccc1-c1nnc(-c2ccccc2C)n1-c1c(C)cccc1C. The zero-order chi connectivity index (χ0) is 25.7. The van der Waals surface area contributed by atoms with Crippen molar-refractivity contribution >= 4 is 0 Å². The third-order valence-electron chi connectivity index (χ3n) is 9.32. The summed E-state index contributed by atoms with van der Waals surface area (Å²) in [4.78, 5) is 0. The second-order valence-electron chi connectivity index (χ2n) is 11.0. The lowest BCUT2D eigenvalue weighted by atomic mass is 9.80. The molecule has 3 nitrogen and oxygen atoms in total. The molecule has 3 aromatic carbocycles. The van der Waals surface area contributed by atoms with Crippen LogP contribution in [0, 0.1) is 32.1 Å². The lowest BCUT2D eigenvalue weighted by Gasteiger charge is -2.25. The summed E-state index contributed by atoms with van der Waals surface area (Å²) in [7, 11) is 0. The number of nitrogens with zero attached hydrogens (tertiary/aromatic N) is 3. The first kappa shape index (κ1) is 24.5.